The topological polar surface area (TPSA) is 72.2 Å². The molecule has 1 rings (SSSR count). The Morgan fingerprint density at radius 1 is 1.46 bits per heavy atom. The van der Waals surface area contributed by atoms with Crippen LogP contribution >= 0.6 is 0 Å². The van der Waals surface area contributed by atoms with Crippen molar-refractivity contribution >= 4 is 10.0 Å². The summed E-state index contributed by atoms with van der Waals surface area (Å²) in [6.45, 7) is 4.32. The molecular weight excluding hydrogens is 188 g/mol. The standard InChI is InChI=1S/C8H18N2O2S/c1-6(2)8(9)5-10-13(11,12)7-3-4-7/h6-8,10H,3-5,9H2,1-2H3. The van der Waals surface area contributed by atoms with Gasteiger partial charge in [-0.3, -0.25) is 0 Å². The van der Waals surface area contributed by atoms with E-state index in [4.69, 9.17) is 5.73 Å². The van der Waals surface area contributed by atoms with Gasteiger partial charge in [-0.2, -0.15) is 0 Å². The lowest BCUT2D eigenvalue weighted by Gasteiger charge is -2.15. The maximum atomic E-state index is 11.4. The van der Waals surface area contributed by atoms with Crippen molar-refractivity contribution in [3.63, 3.8) is 0 Å². The van der Waals surface area contributed by atoms with E-state index in [-0.39, 0.29) is 11.3 Å². The third-order valence-electron chi connectivity index (χ3n) is 2.34. The fourth-order valence-corrected chi connectivity index (χ4v) is 2.36. The Hall–Kier alpha value is -0.130. The molecule has 1 fully saturated rings. The Morgan fingerprint density at radius 3 is 2.38 bits per heavy atom. The minimum absolute atomic E-state index is 0.0893. The minimum atomic E-state index is -3.05. The number of sulfonamides is 1. The summed E-state index contributed by atoms with van der Waals surface area (Å²) in [4.78, 5) is 0. The fraction of sp³-hybridized carbons (Fsp3) is 1.00. The first-order chi connectivity index (χ1) is 5.93. The second-order valence-corrected chi connectivity index (χ2v) is 6.05. The monoisotopic (exact) mass is 206 g/mol. The molecule has 0 aromatic rings. The van der Waals surface area contributed by atoms with Gasteiger partial charge in [0, 0.05) is 12.6 Å². The SMILES string of the molecule is CC(C)C(N)CNS(=O)(=O)C1CC1. The van der Waals surface area contributed by atoms with E-state index in [1.807, 2.05) is 13.8 Å². The first-order valence-electron chi connectivity index (χ1n) is 4.67. The van der Waals surface area contributed by atoms with Crippen LogP contribution in [0.3, 0.4) is 0 Å². The Labute approximate surface area is 79.9 Å². The van der Waals surface area contributed by atoms with Crippen molar-refractivity contribution in [2.75, 3.05) is 6.54 Å². The molecule has 1 aliphatic carbocycles. The quantitative estimate of drug-likeness (QED) is 0.667. The van der Waals surface area contributed by atoms with Gasteiger partial charge in [-0.1, -0.05) is 13.8 Å². The van der Waals surface area contributed by atoms with E-state index < -0.39 is 10.0 Å². The van der Waals surface area contributed by atoms with Gasteiger partial charge >= 0.3 is 0 Å². The van der Waals surface area contributed by atoms with E-state index >= 15 is 0 Å². The minimum Gasteiger partial charge on any atom is -0.326 e. The van der Waals surface area contributed by atoms with Gasteiger partial charge in [0.1, 0.15) is 0 Å². The van der Waals surface area contributed by atoms with Crippen molar-refractivity contribution in [1.29, 1.82) is 0 Å². The predicted molar refractivity (Wildman–Crippen MR) is 52.8 cm³/mol. The van der Waals surface area contributed by atoms with E-state index in [2.05, 4.69) is 4.72 Å². The molecular formula is C8H18N2O2S. The van der Waals surface area contributed by atoms with Crippen LogP contribution in [0, 0.1) is 5.92 Å². The maximum Gasteiger partial charge on any atom is 0.214 e. The van der Waals surface area contributed by atoms with Crippen molar-refractivity contribution in [2.24, 2.45) is 11.7 Å². The zero-order chi connectivity index (χ0) is 10.1. The molecule has 0 radical (unpaired) electrons. The Balaban J connectivity index is 2.33. The highest BCUT2D eigenvalue weighted by Crippen LogP contribution is 2.27. The average Bonchev–Trinajstić information content (AvgIpc) is 2.81. The van der Waals surface area contributed by atoms with Gasteiger partial charge in [0.15, 0.2) is 0 Å². The molecule has 13 heavy (non-hydrogen) atoms. The zero-order valence-electron chi connectivity index (χ0n) is 8.16. The zero-order valence-corrected chi connectivity index (χ0v) is 8.97. The van der Waals surface area contributed by atoms with Crippen LogP contribution in [0.1, 0.15) is 26.7 Å². The number of nitrogens with two attached hydrogens (primary N) is 1. The third kappa shape index (κ3) is 3.25. The molecule has 1 unspecified atom stereocenters. The van der Waals surface area contributed by atoms with Gasteiger partial charge < -0.3 is 5.73 Å². The van der Waals surface area contributed by atoms with E-state index in [0.29, 0.717) is 12.5 Å². The van der Waals surface area contributed by atoms with Crippen molar-refractivity contribution in [2.45, 2.75) is 38.0 Å². The van der Waals surface area contributed by atoms with Crippen molar-refractivity contribution < 1.29 is 8.42 Å². The molecule has 3 N–H and O–H groups in total. The first-order valence-corrected chi connectivity index (χ1v) is 6.22. The van der Waals surface area contributed by atoms with Crippen LogP contribution in [0.5, 0.6) is 0 Å². The smallest absolute Gasteiger partial charge is 0.214 e. The molecule has 0 aromatic heterocycles. The number of hydrogen-bond donors (Lipinski definition) is 2. The second-order valence-electron chi connectivity index (χ2n) is 4.00. The molecule has 0 spiro atoms. The predicted octanol–water partition coefficient (Wildman–Crippen LogP) is 0.0515. The summed E-state index contributed by atoms with van der Waals surface area (Å²) in [7, 11) is -3.05. The van der Waals surface area contributed by atoms with Gasteiger partial charge in [0.2, 0.25) is 10.0 Å². The highest BCUT2D eigenvalue weighted by Gasteiger charge is 2.35. The molecule has 0 bridgehead atoms. The van der Waals surface area contributed by atoms with Gasteiger partial charge in [-0.15, -0.1) is 0 Å². The molecule has 5 heteroatoms. The highest BCUT2D eigenvalue weighted by atomic mass is 32.2. The van der Waals surface area contributed by atoms with Crippen LogP contribution in [0.2, 0.25) is 0 Å². The third-order valence-corrected chi connectivity index (χ3v) is 4.26. The molecule has 0 amide bonds. The van der Waals surface area contributed by atoms with Crippen LogP contribution in [0.15, 0.2) is 0 Å². The van der Waals surface area contributed by atoms with Crippen LogP contribution in [0.25, 0.3) is 0 Å². The van der Waals surface area contributed by atoms with Gasteiger partial charge in [-0.05, 0) is 18.8 Å². The van der Waals surface area contributed by atoms with E-state index in [0.717, 1.165) is 12.8 Å². The van der Waals surface area contributed by atoms with Gasteiger partial charge in [0.05, 0.1) is 5.25 Å². The van der Waals surface area contributed by atoms with E-state index in [1.54, 1.807) is 0 Å². The summed E-state index contributed by atoms with van der Waals surface area (Å²) in [5.74, 6) is 0.307. The Bertz CT molecular complexity index is 257. The lowest BCUT2D eigenvalue weighted by molar-refractivity contribution is 0.481. The van der Waals surface area contributed by atoms with Gasteiger partial charge in [-0.25, -0.2) is 13.1 Å². The van der Waals surface area contributed by atoms with Crippen molar-refractivity contribution in [3.8, 4) is 0 Å². The summed E-state index contributed by atoms with van der Waals surface area (Å²) in [5, 5.41) is -0.146. The molecule has 4 nitrogen and oxygen atoms in total. The maximum absolute atomic E-state index is 11.4. The van der Waals surface area contributed by atoms with Crippen LogP contribution in [0.4, 0.5) is 0 Å². The van der Waals surface area contributed by atoms with Crippen molar-refractivity contribution in [3.05, 3.63) is 0 Å². The molecule has 1 saturated carbocycles. The highest BCUT2D eigenvalue weighted by molar-refractivity contribution is 7.90. The van der Waals surface area contributed by atoms with Crippen LogP contribution in [-0.2, 0) is 10.0 Å². The fourth-order valence-electron chi connectivity index (χ4n) is 0.944. The number of hydrogen-bond acceptors (Lipinski definition) is 3. The first kappa shape index (κ1) is 10.9. The molecule has 0 aliphatic heterocycles. The second kappa shape index (κ2) is 3.94. The molecule has 1 aliphatic rings. The van der Waals surface area contributed by atoms with Crippen molar-refractivity contribution in [1.82, 2.24) is 4.72 Å². The van der Waals surface area contributed by atoms with Crippen LogP contribution < -0.4 is 10.5 Å². The van der Waals surface area contributed by atoms with E-state index in [1.165, 1.54) is 0 Å². The van der Waals surface area contributed by atoms with E-state index in [9.17, 15) is 8.42 Å². The summed E-state index contributed by atoms with van der Waals surface area (Å²) in [5.41, 5.74) is 5.72. The molecule has 0 heterocycles. The Kier molecular flexibility index (Phi) is 3.32. The van der Waals surface area contributed by atoms with Crippen LogP contribution in [-0.4, -0.2) is 26.3 Å². The lowest BCUT2D eigenvalue weighted by atomic mass is 10.1. The lowest BCUT2D eigenvalue weighted by Crippen LogP contribution is -2.41. The largest absolute Gasteiger partial charge is 0.326 e. The molecule has 0 saturated heterocycles. The van der Waals surface area contributed by atoms with Gasteiger partial charge in [0.25, 0.3) is 0 Å². The molecule has 78 valence electrons. The molecule has 0 aromatic carbocycles. The summed E-state index contributed by atoms with van der Waals surface area (Å²) in [6, 6.07) is -0.0893. The Morgan fingerprint density at radius 2 is 2.00 bits per heavy atom. The summed E-state index contributed by atoms with van der Waals surface area (Å²) < 4.78 is 25.3. The average molecular weight is 206 g/mol. The number of nitrogens with one attached hydrogen (secondary N) is 1. The normalized spacial score (nSPS) is 20.6. The molecule has 1 atom stereocenters. The summed E-state index contributed by atoms with van der Waals surface area (Å²) >= 11 is 0. The number of rotatable bonds is 5. The summed E-state index contributed by atoms with van der Waals surface area (Å²) in [6.07, 6.45) is 1.60.